The number of nitrogens with zero attached hydrogens (tertiary/aromatic N) is 1. The van der Waals surface area contributed by atoms with Crippen molar-refractivity contribution in [3.63, 3.8) is 0 Å². The third-order valence-electron chi connectivity index (χ3n) is 2.45. The molecule has 0 saturated carbocycles. The van der Waals surface area contributed by atoms with Crippen LogP contribution in [0.3, 0.4) is 0 Å². The molecule has 0 aliphatic rings. The van der Waals surface area contributed by atoms with Crippen molar-refractivity contribution >= 4 is 17.3 Å². The third kappa shape index (κ3) is 2.86. The van der Waals surface area contributed by atoms with Gasteiger partial charge in [-0.1, -0.05) is 0 Å². The van der Waals surface area contributed by atoms with Gasteiger partial charge in [0.15, 0.2) is 0 Å². The minimum Gasteiger partial charge on any atom is -0.329 e. The predicted molar refractivity (Wildman–Crippen MR) is 68.1 cm³/mol. The first-order valence-electron chi connectivity index (χ1n) is 5.41. The van der Waals surface area contributed by atoms with E-state index in [2.05, 4.69) is 10.3 Å². The van der Waals surface area contributed by atoms with Gasteiger partial charge in [-0.05, 0) is 12.1 Å². The number of nitro benzene ring substituents is 1. The fourth-order valence-electron chi connectivity index (χ4n) is 1.50. The molecule has 0 aliphatic carbocycles. The fourth-order valence-corrected chi connectivity index (χ4v) is 1.50. The summed E-state index contributed by atoms with van der Waals surface area (Å²) >= 11 is 0. The van der Waals surface area contributed by atoms with Crippen molar-refractivity contribution in [3.05, 3.63) is 68.4 Å². The normalized spacial score (nSPS) is 10.1. The lowest BCUT2D eigenvalue weighted by atomic mass is 10.2. The summed E-state index contributed by atoms with van der Waals surface area (Å²) in [6.07, 6.45) is 1.26. The van der Waals surface area contributed by atoms with E-state index in [1.807, 2.05) is 0 Å². The maximum atomic E-state index is 13.5. The molecule has 0 atom stereocenters. The highest BCUT2D eigenvalue weighted by Crippen LogP contribution is 2.21. The van der Waals surface area contributed by atoms with Gasteiger partial charge in [-0.15, -0.1) is 0 Å². The molecule has 7 nitrogen and oxygen atoms in total. The zero-order valence-corrected chi connectivity index (χ0v) is 9.92. The number of amides is 1. The van der Waals surface area contributed by atoms with E-state index < -0.39 is 22.2 Å². The number of nitro groups is 1. The summed E-state index contributed by atoms with van der Waals surface area (Å²) in [6, 6.07) is 5.13. The molecule has 0 fully saturated rings. The fraction of sp³-hybridized carbons (Fsp3) is 0. The van der Waals surface area contributed by atoms with Crippen LogP contribution < -0.4 is 10.9 Å². The Kier molecular flexibility index (Phi) is 3.56. The molecule has 20 heavy (non-hydrogen) atoms. The molecule has 0 radical (unpaired) electrons. The number of carbonyl (C=O) groups is 1. The number of aromatic amines is 1. The summed E-state index contributed by atoms with van der Waals surface area (Å²) < 4.78 is 13.5. The molecule has 1 aromatic carbocycles. The zero-order chi connectivity index (χ0) is 14.7. The van der Waals surface area contributed by atoms with Crippen molar-refractivity contribution in [2.24, 2.45) is 0 Å². The monoisotopic (exact) mass is 277 g/mol. The average molecular weight is 277 g/mol. The molecular formula is C12H8FN3O4. The highest BCUT2D eigenvalue weighted by atomic mass is 19.1. The minimum atomic E-state index is -0.811. The Bertz CT molecular complexity index is 741. The minimum absolute atomic E-state index is 0.0136. The highest BCUT2D eigenvalue weighted by molar-refractivity contribution is 6.04. The highest BCUT2D eigenvalue weighted by Gasteiger charge is 2.14. The van der Waals surface area contributed by atoms with Gasteiger partial charge in [0.05, 0.1) is 10.6 Å². The number of carbonyl (C=O) groups excluding carboxylic acids is 1. The van der Waals surface area contributed by atoms with E-state index in [1.165, 1.54) is 12.3 Å². The standard InChI is InChI=1S/C12H8FN3O4/c13-9-2-1-8(16(19)20)6-10(9)15-12(18)7-3-4-14-11(17)5-7/h1-6H,(H,14,17)(H,15,18). The van der Waals surface area contributed by atoms with Crippen LogP contribution in [0.25, 0.3) is 0 Å². The molecule has 102 valence electrons. The van der Waals surface area contributed by atoms with Crippen LogP contribution in [0.2, 0.25) is 0 Å². The molecule has 1 heterocycles. The number of pyridine rings is 1. The largest absolute Gasteiger partial charge is 0.329 e. The van der Waals surface area contributed by atoms with Gasteiger partial charge in [-0.25, -0.2) is 4.39 Å². The Morgan fingerprint density at radius 1 is 1.30 bits per heavy atom. The second kappa shape index (κ2) is 5.31. The number of nitrogens with one attached hydrogen (secondary N) is 2. The Labute approximate surface area is 111 Å². The quantitative estimate of drug-likeness (QED) is 0.657. The van der Waals surface area contributed by atoms with Crippen LogP contribution in [0.1, 0.15) is 10.4 Å². The SMILES string of the molecule is O=C(Nc1cc([N+](=O)[O-])ccc1F)c1cc[nH]c(=O)c1. The average Bonchev–Trinajstić information content (AvgIpc) is 2.41. The van der Waals surface area contributed by atoms with Gasteiger partial charge in [0.1, 0.15) is 5.82 Å². The second-order valence-corrected chi connectivity index (χ2v) is 3.82. The maximum absolute atomic E-state index is 13.5. The van der Waals surface area contributed by atoms with Crippen molar-refractivity contribution < 1.29 is 14.1 Å². The van der Waals surface area contributed by atoms with Crippen molar-refractivity contribution in [2.45, 2.75) is 0 Å². The van der Waals surface area contributed by atoms with Crippen molar-refractivity contribution in [2.75, 3.05) is 5.32 Å². The Hall–Kier alpha value is -3.03. The van der Waals surface area contributed by atoms with Gasteiger partial charge in [0.2, 0.25) is 5.56 Å². The summed E-state index contributed by atoms with van der Waals surface area (Å²) in [5.41, 5.74) is -1.16. The van der Waals surface area contributed by atoms with Gasteiger partial charge in [-0.2, -0.15) is 0 Å². The van der Waals surface area contributed by atoms with E-state index in [0.29, 0.717) is 0 Å². The molecule has 0 saturated heterocycles. The molecule has 2 rings (SSSR count). The molecule has 0 bridgehead atoms. The molecule has 0 unspecified atom stereocenters. The lowest BCUT2D eigenvalue weighted by Gasteiger charge is -2.06. The summed E-state index contributed by atoms with van der Waals surface area (Å²) in [5.74, 6) is -1.55. The summed E-state index contributed by atoms with van der Waals surface area (Å²) in [7, 11) is 0. The van der Waals surface area contributed by atoms with Crippen molar-refractivity contribution in [1.82, 2.24) is 4.98 Å². The first kappa shape index (κ1) is 13.4. The number of H-pyrrole nitrogens is 1. The van der Waals surface area contributed by atoms with Gasteiger partial charge in [0.25, 0.3) is 11.6 Å². The van der Waals surface area contributed by atoms with Gasteiger partial charge in [-0.3, -0.25) is 19.7 Å². The Morgan fingerprint density at radius 2 is 2.05 bits per heavy atom. The number of benzene rings is 1. The first-order chi connectivity index (χ1) is 9.47. The lowest BCUT2D eigenvalue weighted by Crippen LogP contribution is -2.16. The van der Waals surface area contributed by atoms with Gasteiger partial charge in [0, 0.05) is 30.0 Å². The maximum Gasteiger partial charge on any atom is 0.271 e. The molecule has 8 heteroatoms. The topological polar surface area (TPSA) is 105 Å². The molecule has 1 aromatic heterocycles. The Balaban J connectivity index is 2.30. The molecule has 0 aliphatic heterocycles. The molecule has 2 aromatic rings. The molecule has 2 N–H and O–H groups in total. The molecule has 1 amide bonds. The van der Waals surface area contributed by atoms with Gasteiger partial charge >= 0.3 is 0 Å². The number of hydrogen-bond donors (Lipinski definition) is 2. The smallest absolute Gasteiger partial charge is 0.271 e. The van der Waals surface area contributed by atoms with Crippen LogP contribution in [0.5, 0.6) is 0 Å². The van der Waals surface area contributed by atoms with E-state index in [9.17, 15) is 24.1 Å². The zero-order valence-electron chi connectivity index (χ0n) is 9.92. The van der Waals surface area contributed by atoms with Crippen LogP contribution >= 0.6 is 0 Å². The van der Waals surface area contributed by atoms with E-state index in [-0.39, 0.29) is 16.9 Å². The number of anilines is 1. The summed E-state index contributed by atoms with van der Waals surface area (Å²) in [4.78, 5) is 35.1. The van der Waals surface area contributed by atoms with E-state index in [4.69, 9.17) is 0 Å². The van der Waals surface area contributed by atoms with Crippen LogP contribution in [-0.4, -0.2) is 15.8 Å². The van der Waals surface area contributed by atoms with Crippen LogP contribution in [-0.2, 0) is 0 Å². The van der Waals surface area contributed by atoms with Crippen LogP contribution in [0.4, 0.5) is 15.8 Å². The number of non-ortho nitro benzene ring substituents is 1. The first-order valence-corrected chi connectivity index (χ1v) is 5.41. The number of aromatic nitrogens is 1. The number of halogens is 1. The van der Waals surface area contributed by atoms with Crippen molar-refractivity contribution in [1.29, 1.82) is 0 Å². The molecular weight excluding hydrogens is 269 g/mol. The van der Waals surface area contributed by atoms with Crippen molar-refractivity contribution in [3.8, 4) is 0 Å². The van der Waals surface area contributed by atoms with Crippen LogP contribution in [0, 0.1) is 15.9 Å². The summed E-state index contributed by atoms with van der Waals surface area (Å²) in [5, 5.41) is 12.8. The van der Waals surface area contributed by atoms with E-state index in [0.717, 1.165) is 24.3 Å². The molecule has 0 spiro atoms. The van der Waals surface area contributed by atoms with E-state index in [1.54, 1.807) is 0 Å². The lowest BCUT2D eigenvalue weighted by molar-refractivity contribution is -0.384. The number of rotatable bonds is 3. The van der Waals surface area contributed by atoms with Crippen LogP contribution in [0.15, 0.2) is 41.3 Å². The summed E-state index contributed by atoms with van der Waals surface area (Å²) in [6.45, 7) is 0. The third-order valence-corrected chi connectivity index (χ3v) is 2.45. The number of hydrogen-bond acceptors (Lipinski definition) is 4. The van der Waals surface area contributed by atoms with Gasteiger partial charge < -0.3 is 10.3 Å². The van der Waals surface area contributed by atoms with E-state index >= 15 is 0 Å². The predicted octanol–water partition coefficient (Wildman–Crippen LogP) is 1.67. The second-order valence-electron chi connectivity index (χ2n) is 3.82. The Morgan fingerprint density at radius 3 is 2.70 bits per heavy atom.